The highest BCUT2D eigenvalue weighted by Gasteiger charge is 2.31. The highest BCUT2D eigenvalue weighted by Crippen LogP contribution is 2.24. The quantitative estimate of drug-likeness (QED) is 0.756. The molecule has 1 saturated heterocycles. The summed E-state index contributed by atoms with van der Waals surface area (Å²) in [4.78, 5) is 14.2. The Morgan fingerprint density at radius 1 is 1.40 bits per heavy atom. The predicted octanol–water partition coefficient (Wildman–Crippen LogP) is 1.62. The van der Waals surface area contributed by atoms with Crippen LogP contribution < -0.4 is 5.73 Å². The summed E-state index contributed by atoms with van der Waals surface area (Å²) >= 11 is 0. The lowest BCUT2D eigenvalue weighted by molar-refractivity contribution is -0.140. The second-order valence-electron chi connectivity index (χ2n) is 5.04. The van der Waals surface area contributed by atoms with Gasteiger partial charge in [0.25, 0.3) is 0 Å². The van der Waals surface area contributed by atoms with Crippen molar-refractivity contribution in [1.82, 2.24) is 4.90 Å². The normalized spacial score (nSPS) is 31.1. The van der Waals surface area contributed by atoms with Gasteiger partial charge in [0.2, 0.25) is 5.91 Å². The van der Waals surface area contributed by atoms with E-state index >= 15 is 0 Å². The molecular weight excluding hydrogens is 188 g/mol. The van der Waals surface area contributed by atoms with Crippen molar-refractivity contribution in [2.75, 3.05) is 6.54 Å². The topological polar surface area (TPSA) is 46.3 Å². The van der Waals surface area contributed by atoms with Crippen LogP contribution in [0.3, 0.4) is 0 Å². The van der Waals surface area contributed by atoms with Crippen LogP contribution in [0.4, 0.5) is 0 Å². The van der Waals surface area contributed by atoms with Gasteiger partial charge in [0.15, 0.2) is 0 Å². The number of carbonyl (C=O) groups excluding carboxylic acids is 1. The number of likely N-dealkylation sites (tertiary alicyclic amines) is 1. The molecule has 0 aliphatic carbocycles. The third-order valence-corrected chi connectivity index (χ3v) is 3.83. The first-order chi connectivity index (χ1) is 6.95. The Morgan fingerprint density at radius 3 is 2.53 bits per heavy atom. The molecule has 0 aromatic heterocycles. The molecule has 0 saturated carbocycles. The van der Waals surface area contributed by atoms with E-state index in [4.69, 9.17) is 5.73 Å². The molecule has 0 aromatic rings. The highest BCUT2D eigenvalue weighted by atomic mass is 16.2. The molecule has 3 nitrogen and oxygen atoms in total. The Hall–Kier alpha value is -0.570. The van der Waals surface area contributed by atoms with E-state index in [1.807, 2.05) is 18.7 Å². The van der Waals surface area contributed by atoms with Gasteiger partial charge < -0.3 is 10.6 Å². The van der Waals surface area contributed by atoms with Gasteiger partial charge in [-0.3, -0.25) is 4.79 Å². The average molecular weight is 212 g/mol. The Kier molecular flexibility index (Phi) is 4.14. The van der Waals surface area contributed by atoms with Crippen LogP contribution in [-0.4, -0.2) is 29.4 Å². The fourth-order valence-electron chi connectivity index (χ4n) is 2.13. The molecule has 1 aliphatic heterocycles. The van der Waals surface area contributed by atoms with Gasteiger partial charge in [-0.1, -0.05) is 13.8 Å². The maximum absolute atomic E-state index is 12.1. The molecule has 0 bridgehead atoms. The summed E-state index contributed by atoms with van der Waals surface area (Å²) in [5.74, 6) is 0.782. The van der Waals surface area contributed by atoms with Gasteiger partial charge in [0.1, 0.15) is 0 Å². The maximum Gasteiger partial charge on any atom is 0.227 e. The average Bonchev–Trinajstić information content (AvgIpc) is 2.20. The summed E-state index contributed by atoms with van der Waals surface area (Å²) in [6.45, 7) is 9.11. The Morgan fingerprint density at radius 2 is 2.00 bits per heavy atom. The van der Waals surface area contributed by atoms with Crippen molar-refractivity contribution in [1.29, 1.82) is 0 Å². The summed E-state index contributed by atoms with van der Waals surface area (Å²) in [6.07, 6.45) is 2.36. The van der Waals surface area contributed by atoms with Gasteiger partial charge in [0.05, 0.1) is 5.92 Å². The van der Waals surface area contributed by atoms with Crippen molar-refractivity contribution < 1.29 is 4.79 Å². The van der Waals surface area contributed by atoms with Crippen molar-refractivity contribution >= 4 is 5.91 Å². The molecule has 88 valence electrons. The lowest BCUT2D eigenvalue weighted by atomic mass is 9.90. The molecule has 4 atom stereocenters. The molecule has 2 N–H and O–H groups in total. The van der Waals surface area contributed by atoms with E-state index in [9.17, 15) is 4.79 Å². The van der Waals surface area contributed by atoms with Crippen LogP contribution in [0.5, 0.6) is 0 Å². The molecule has 3 heteroatoms. The van der Waals surface area contributed by atoms with Crippen LogP contribution in [-0.2, 0) is 4.79 Å². The van der Waals surface area contributed by atoms with Crippen molar-refractivity contribution in [2.24, 2.45) is 17.6 Å². The summed E-state index contributed by atoms with van der Waals surface area (Å²) in [7, 11) is 0. The molecule has 1 amide bonds. The first-order valence-electron chi connectivity index (χ1n) is 6.01. The lowest BCUT2D eigenvalue weighted by Crippen LogP contribution is -2.50. The van der Waals surface area contributed by atoms with Gasteiger partial charge >= 0.3 is 0 Å². The standard InChI is InChI=1S/C12H24N2O/c1-8-6-5-7-14(11(8)4)12(15)9(2)10(3)13/h8-11H,5-7,13H2,1-4H3. The zero-order valence-corrected chi connectivity index (χ0v) is 10.4. The minimum atomic E-state index is -0.0576. The number of nitrogens with two attached hydrogens (primary N) is 1. The van der Waals surface area contributed by atoms with Crippen LogP contribution in [0.15, 0.2) is 0 Å². The van der Waals surface area contributed by atoms with Crippen molar-refractivity contribution in [3.8, 4) is 0 Å². The maximum atomic E-state index is 12.1. The fraction of sp³-hybridized carbons (Fsp3) is 0.917. The summed E-state index contributed by atoms with van der Waals surface area (Å²) in [5, 5.41) is 0. The summed E-state index contributed by atoms with van der Waals surface area (Å²) < 4.78 is 0. The van der Waals surface area contributed by atoms with Crippen LogP contribution in [0.1, 0.15) is 40.5 Å². The van der Waals surface area contributed by atoms with Crippen LogP contribution >= 0.6 is 0 Å². The molecule has 1 fully saturated rings. The third kappa shape index (κ3) is 2.71. The van der Waals surface area contributed by atoms with Crippen molar-refractivity contribution in [2.45, 2.75) is 52.6 Å². The number of amides is 1. The largest absolute Gasteiger partial charge is 0.339 e. The van der Waals surface area contributed by atoms with Gasteiger partial charge in [-0.05, 0) is 32.6 Å². The lowest BCUT2D eigenvalue weighted by Gasteiger charge is -2.39. The van der Waals surface area contributed by atoms with Gasteiger partial charge in [-0.25, -0.2) is 0 Å². The Balaban J connectivity index is 2.66. The highest BCUT2D eigenvalue weighted by molar-refractivity contribution is 5.79. The molecule has 1 rings (SSSR count). The minimum Gasteiger partial charge on any atom is -0.339 e. The van der Waals surface area contributed by atoms with Gasteiger partial charge in [0, 0.05) is 18.6 Å². The van der Waals surface area contributed by atoms with E-state index in [1.165, 1.54) is 6.42 Å². The Labute approximate surface area is 93.0 Å². The molecule has 4 unspecified atom stereocenters. The number of nitrogens with zero attached hydrogens (tertiary/aromatic N) is 1. The van der Waals surface area contributed by atoms with E-state index in [1.54, 1.807) is 0 Å². The van der Waals surface area contributed by atoms with Gasteiger partial charge in [-0.15, -0.1) is 0 Å². The number of rotatable bonds is 2. The molecular formula is C12H24N2O. The van der Waals surface area contributed by atoms with Crippen molar-refractivity contribution in [3.63, 3.8) is 0 Å². The monoisotopic (exact) mass is 212 g/mol. The van der Waals surface area contributed by atoms with Crippen molar-refractivity contribution in [3.05, 3.63) is 0 Å². The minimum absolute atomic E-state index is 0.0538. The number of carbonyl (C=O) groups is 1. The second kappa shape index (κ2) is 4.97. The first kappa shape index (κ1) is 12.5. The van der Waals surface area contributed by atoms with Crippen LogP contribution in [0.25, 0.3) is 0 Å². The molecule has 0 radical (unpaired) electrons. The molecule has 15 heavy (non-hydrogen) atoms. The first-order valence-corrected chi connectivity index (χ1v) is 6.01. The van der Waals surface area contributed by atoms with E-state index in [0.717, 1.165) is 13.0 Å². The number of hydrogen-bond acceptors (Lipinski definition) is 2. The van der Waals surface area contributed by atoms with Crippen LogP contribution in [0, 0.1) is 11.8 Å². The van der Waals surface area contributed by atoms with E-state index < -0.39 is 0 Å². The third-order valence-electron chi connectivity index (χ3n) is 3.83. The Bertz CT molecular complexity index is 228. The van der Waals surface area contributed by atoms with E-state index in [2.05, 4.69) is 13.8 Å². The molecule has 0 aromatic carbocycles. The SMILES string of the molecule is CC(N)C(C)C(=O)N1CCCC(C)C1C. The summed E-state index contributed by atoms with van der Waals surface area (Å²) in [6, 6.07) is 0.314. The fourth-order valence-corrected chi connectivity index (χ4v) is 2.13. The summed E-state index contributed by atoms with van der Waals surface area (Å²) in [5.41, 5.74) is 5.78. The molecule has 0 spiro atoms. The van der Waals surface area contributed by atoms with E-state index in [0.29, 0.717) is 12.0 Å². The second-order valence-corrected chi connectivity index (χ2v) is 5.04. The zero-order valence-electron chi connectivity index (χ0n) is 10.4. The number of hydrogen-bond donors (Lipinski definition) is 1. The predicted molar refractivity (Wildman–Crippen MR) is 62.4 cm³/mol. The zero-order chi connectivity index (χ0) is 11.6. The number of piperidine rings is 1. The van der Waals surface area contributed by atoms with E-state index in [-0.39, 0.29) is 17.9 Å². The molecule has 1 aliphatic rings. The van der Waals surface area contributed by atoms with Gasteiger partial charge in [-0.2, -0.15) is 0 Å². The van der Waals surface area contributed by atoms with Crippen LogP contribution in [0.2, 0.25) is 0 Å². The molecule has 1 heterocycles. The smallest absolute Gasteiger partial charge is 0.227 e.